The average Bonchev–Trinajstić information content (AvgIpc) is 2.76. The molecule has 0 radical (unpaired) electrons. The maximum atomic E-state index is 12.2. The number of benzene rings is 1. The fraction of sp³-hybridized carbons (Fsp3) is 0.214. The first-order valence-electron chi connectivity index (χ1n) is 6.08. The maximum absolute atomic E-state index is 12.2. The summed E-state index contributed by atoms with van der Waals surface area (Å²) in [4.78, 5) is 23.8. The van der Waals surface area contributed by atoms with Crippen molar-refractivity contribution in [2.75, 3.05) is 0 Å². The van der Waals surface area contributed by atoms with Crippen molar-refractivity contribution in [2.24, 2.45) is 5.73 Å². The molecule has 3 N–H and O–H groups in total. The Morgan fingerprint density at radius 2 is 1.90 bits per heavy atom. The van der Waals surface area contributed by atoms with Gasteiger partial charge in [0.05, 0.1) is 5.69 Å². The van der Waals surface area contributed by atoms with E-state index in [0.29, 0.717) is 22.6 Å². The van der Waals surface area contributed by atoms with Crippen molar-refractivity contribution >= 4 is 11.8 Å². The standard InChI is InChI=1S/C14H15N3O3/c1-8-11(9(2)20-17-8)14(19)16-12(13(15)18)10-6-4-3-5-7-10/h3-7,12H,1-2H3,(H2,15,18)(H,16,19). The van der Waals surface area contributed by atoms with Gasteiger partial charge < -0.3 is 15.6 Å². The number of amides is 2. The summed E-state index contributed by atoms with van der Waals surface area (Å²) in [5.41, 5.74) is 6.77. The minimum atomic E-state index is -0.891. The minimum Gasteiger partial charge on any atom is -0.368 e. The molecule has 20 heavy (non-hydrogen) atoms. The van der Waals surface area contributed by atoms with Crippen LogP contribution in [0.5, 0.6) is 0 Å². The summed E-state index contributed by atoms with van der Waals surface area (Å²) in [5, 5.41) is 6.31. The Morgan fingerprint density at radius 1 is 1.25 bits per heavy atom. The van der Waals surface area contributed by atoms with Crippen LogP contribution >= 0.6 is 0 Å². The fourth-order valence-corrected chi connectivity index (χ4v) is 1.97. The second-order valence-corrected chi connectivity index (χ2v) is 4.42. The molecule has 1 aromatic heterocycles. The number of nitrogens with one attached hydrogen (secondary N) is 1. The maximum Gasteiger partial charge on any atom is 0.257 e. The molecule has 0 saturated heterocycles. The van der Waals surface area contributed by atoms with Gasteiger partial charge >= 0.3 is 0 Å². The number of carbonyl (C=O) groups excluding carboxylic acids is 2. The molecule has 6 nitrogen and oxygen atoms in total. The molecule has 1 aromatic carbocycles. The first-order valence-corrected chi connectivity index (χ1v) is 6.08. The number of nitrogens with two attached hydrogens (primary N) is 1. The van der Waals surface area contributed by atoms with Gasteiger partial charge in [-0.1, -0.05) is 35.5 Å². The summed E-state index contributed by atoms with van der Waals surface area (Å²) in [7, 11) is 0. The second kappa shape index (κ2) is 5.56. The average molecular weight is 273 g/mol. The molecule has 0 aliphatic carbocycles. The van der Waals surface area contributed by atoms with Crippen molar-refractivity contribution in [3.8, 4) is 0 Å². The quantitative estimate of drug-likeness (QED) is 0.875. The van der Waals surface area contributed by atoms with E-state index in [1.54, 1.807) is 38.1 Å². The van der Waals surface area contributed by atoms with Crippen LogP contribution in [0.15, 0.2) is 34.9 Å². The van der Waals surface area contributed by atoms with E-state index >= 15 is 0 Å². The fourth-order valence-electron chi connectivity index (χ4n) is 1.97. The SMILES string of the molecule is Cc1noc(C)c1C(=O)NC(C(N)=O)c1ccccc1. The Labute approximate surface area is 115 Å². The van der Waals surface area contributed by atoms with E-state index in [-0.39, 0.29) is 0 Å². The van der Waals surface area contributed by atoms with Crippen LogP contribution in [0, 0.1) is 13.8 Å². The number of aryl methyl sites for hydroxylation is 2. The number of hydrogen-bond acceptors (Lipinski definition) is 4. The van der Waals surface area contributed by atoms with Crippen LogP contribution in [0.4, 0.5) is 0 Å². The molecule has 0 aliphatic rings. The van der Waals surface area contributed by atoms with Crippen LogP contribution in [0.1, 0.15) is 33.4 Å². The number of nitrogens with zero attached hydrogens (tertiary/aromatic N) is 1. The molecular weight excluding hydrogens is 258 g/mol. The lowest BCUT2D eigenvalue weighted by atomic mass is 10.1. The molecule has 1 heterocycles. The Balaban J connectivity index is 2.26. The third kappa shape index (κ3) is 2.69. The lowest BCUT2D eigenvalue weighted by Gasteiger charge is -2.15. The topological polar surface area (TPSA) is 98.2 Å². The van der Waals surface area contributed by atoms with Crippen molar-refractivity contribution < 1.29 is 14.1 Å². The molecule has 1 unspecified atom stereocenters. The molecule has 6 heteroatoms. The van der Waals surface area contributed by atoms with E-state index in [1.807, 2.05) is 6.07 Å². The highest BCUT2D eigenvalue weighted by molar-refractivity contribution is 5.99. The molecule has 0 bridgehead atoms. The number of hydrogen-bond donors (Lipinski definition) is 2. The Hall–Kier alpha value is -2.63. The van der Waals surface area contributed by atoms with Crippen molar-refractivity contribution in [1.29, 1.82) is 0 Å². The van der Waals surface area contributed by atoms with Gasteiger partial charge in [0.1, 0.15) is 17.4 Å². The Bertz CT molecular complexity index is 615. The zero-order valence-corrected chi connectivity index (χ0v) is 11.2. The van der Waals surface area contributed by atoms with Gasteiger partial charge in [0.15, 0.2) is 0 Å². The summed E-state index contributed by atoms with van der Waals surface area (Å²) >= 11 is 0. The number of aromatic nitrogens is 1. The molecule has 1 atom stereocenters. The number of rotatable bonds is 4. The van der Waals surface area contributed by atoms with Gasteiger partial charge in [-0.05, 0) is 19.4 Å². The lowest BCUT2D eigenvalue weighted by Crippen LogP contribution is -2.37. The molecular formula is C14H15N3O3. The highest BCUT2D eigenvalue weighted by atomic mass is 16.5. The highest BCUT2D eigenvalue weighted by Crippen LogP contribution is 2.16. The predicted molar refractivity (Wildman–Crippen MR) is 71.8 cm³/mol. The van der Waals surface area contributed by atoms with Crippen molar-refractivity contribution in [3.05, 3.63) is 52.9 Å². The van der Waals surface area contributed by atoms with Gasteiger partial charge in [-0.3, -0.25) is 9.59 Å². The molecule has 0 spiro atoms. The summed E-state index contributed by atoms with van der Waals surface area (Å²) < 4.78 is 4.94. The van der Waals surface area contributed by atoms with Gasteiger partial charge in [-0.25, -0.2) is 0 Å². The van der Waals surface area contributed by atoms with E-state index in [2.05, 4.69) is 10.5 Å². The molecule has 2 amide bonds. The number of carbonyl (C=O) groups is 2. The van der Waals surface area contributed by atoms with Crippen LogP contribution in [-0.4, -0.2) is 17.0 Å². The zero-order chi connectivity index (χ0) is 14.7. The molecule has 0 aliphatic heterocycles. The largest absolute Gasteiger partial charge is 0.368 e. The highest BCUT2D eigenvalue weighted by Gasteiger charge is 2.24. The monoisotopic (exact) mass is 273 g/mol. The van der Waals surface area contributed by atoms with E-state index in [1.165, 1.54) is 0 Å². The smallest absolute Gasteiger partial charge is 0.257 e. The molecule has 2 rings (SSSR count). The predicted octanol–water partition coefficient (Wildman–Crippen LogP) is 1.25. The molecule has 2 aromatic rings. The van der Waals surface area contributed by atoms with Gasteiger partial charge in [-0.2, -0.15) is 0 Å². The van der Waals surface area contributed by atoms with Crippen LogP contribution in [0.3, 0.4) is 0 Å². The van der Waals surface area contributed by atoms with Crippen molar-refractivity contribution in [2.45, 2.75) is 19.9 Å². The normalized spacial score (nSPS) is 11.9. The number of primary amides is 1. The third-order valence-electron chi connectivity index (χ3n) is 2.95. The van der Waals surface area contributed by atoms with Crippen LogP contribution < -0.4 is 11.1 Å². The van der Waals surface area contributed by atoms with Crippen molar-refractivity contribution in [1.82, 2.24) is 10.5 Å². The van der Waals surface area contributed by atoms with E-state index in [4.69, 9.17) is 10.3 Å². The van der Waals surface area contributed by atoms with E-state index in [9.17, 15) is 9.59 Å². The molecule has 0 saturated carbocycles. The van der Waals surface area contributed by atoms with Gasteiger partial charge in [0.25, 0.3) is 5.91 Å². The van der Waals surface area contributed by atoms with Gasteiger partial charge in [-0.15, -0.1) is 0 Å². The van der Waals surface area contributed by atoms with E-state index < -0.39 is 17.9 Å². The minimum absolute atomic E-state index is 0.326. The summed E-state index contributed by atoms with van der Waals surface area (Å²) in [6.07, 6.45) is 0. The summed E-state index contributed by atoms with van der Waals surface area (Å²) in [6.45, 7) is 3.30. The van der Waals surface area contributed by atoms with E-state index in [0.717, 1.165) is 0 Å². The van der Waals surface area contributed by atoms with Gasteiger partial charge in [0.2, 0.25) is 5.91 Å². The Morgan fingerprint density at radius 3 is 2.40 bits per heavy atom. The van der Waals surface area contributed by atoms with Crippen LogP contribution in [-0.2, 0) is 4.79 Å². The summed E-state index contributed by atoms with van der Waals surface area (Å²) in [6, 6.07) is 7.92. The first-order chi connectivity index (χ1) is 9.50. The zero-order valence-electron chi connectivity index (χ0n) is 11.2. The first kappa shape index (κ1) is 13.8. The lowest BCUT2D eigenvalue weighted by molar-refractivity contribution is -0.120. The summed E-state index contributed by atoms with van der Waals surface area (Å²) in [5.74, 6) is -0.665. The molecule has 104 valence electrons. The third-order valence-corrected chi connectivity index (χ3v) is 2.95. The second-order valence-electron chi connectivity index (χ2n) is 4.42. The van der Waals surface area contributed by atoms with Crippen LogP contribution in [0.2, 0.25) is 0 Å². The molecule has 0 fully saturated rings. The van der Waals surface area contributed by atoms with Crippen molar-refractivity contribution in [3.63, 3.8) is 0 Å². The Kier molecular flexibility index (Phi) is 3.84. The van der Waals surface area contributed by atoms with Crippen LogP contribution in [0.25, 0.3) is 0 Å². The van der Waals surface area contributed by atoms with Gasteiger partial charge in [0, 0.05) is 0 Å².